The van der Waals surface area contributed by atoms with E-state index in [1.165, 1.54) is 23.0 Å². The second-order valence-corrected chi connectivity index (χ2v) is 5.94. The molecule has 26 heavy (non-hydrogen) atoms. The zero-order chi connectivity index (χ0) is 18.7. The number of nitro benzene ring substituents is 1. The summed E-state index contributed by atoms with van der Waals surface area (Å²) in [6.45, 7) is 1.73. The summed E-state index contributed by atoms with van der Waals surface area (Å²) in [6, 6.07) is 11.2. The van der Waals surface area contributed by atoms with Crippen LogP contribution in [-0.2, 0) is 0 Å². The number of ether oxygens (including phenoxy) is 1. The van der Waals surface area contributed by atoms with Crippen molar-refractivity contribution < 1.29 is 9.66 Å². The highest BCUT2D eigenvalue weighted by molar-refractivity contribution is 7.71. The molecular weight excluding hydrogens is 378 g/mol. The molecule has 10 heteroatoms. The van der Waals surface area contributed by atoms with Crippen LogP contribution in [0, 0.1) is 21.8 Å². The van der Waals surface area contributed by atoms with Crippen LogP contribution in [0.5, 0.6) is 11.5 Å². The quantitative estimate of drug-likeness (QED) is 0.300. The average molecular weight is 390 g/mol. The molecule has 0 radical (unpaired) electrons. The number of aryl methyl sites for hydroxylation is 1. The Hall–Kier alpha value is -3.04. The second-order valence-electron chi connectivity index (χ2n) is 5.15. The summed E-state index contributed by atoms with van der Waals surface area (Å²) >= 11 is 11.1. The molecule has 0 unspecified atom stereocenters. The lowest BCUT2D eigenvalue weighted by atomic mass is 10.2. The van der Waals surface area contributed by atoms with Gasteiger partial charge in [-0.05, 0) is 43.4 Å². The Balaban J connectivity index is 1.93. The van der Waals surface area contributed by atoms with Crippen LogP contribution in [0.4, 0.5) is 5.69 Å². The fourth-order valence-electron chi connectivity index (χ4n) is 2.12. The van der Waals surface area contributed by atoms with Gasteiger partial charge in [0, 0.05) is 11.6 Å². The minimum Gasteiger partial charge on any atom is -0.449 e. The van der Waals surface area contributed by atoms with Gasteiger partial charge in [-0.15, -0.1) is 0 Å². The van der Waals surface area contributed by atoms with Crippen molar-refractivity contribution in [3.05, 3.63) is 73.8 Å². The average Bonchev–Trinajstić information content (AvgIpc) is 2.94. The van der Waals surface area contributed by atoms with E-state index in [9.17, 15) is 10.1 Å². The standard InChI is InChI=1S/C16H12ClN5O3S/c1-10-19-20-16(26)21(10)18-9-11-6-7-15(13(8-11)22(23)24)25-14-5-3-2-4-12(14)17/h2-9H,1H3,(H,20,26)/b18-9-. The number of nitrogens with one attached hydrogen (secondary N) is 1. The maximum atomic E-state index is 11.4. The molecule has 0 fully saturated rings. The van der Waals surface area contributed by atoms with Gasteiger partial charge in [-0.2, -0.15) is 14.9 Å². The molecule has 2 aromatic carbocycles. The van der Waals surface area contributed by atoms with Crippen LogP contribution in [0.1, 0.15) is 11.4 Å². The van der Waals surface area contributed by atoms with Gasteiger partial charge in [0.25, 0.3) is 0 Å². The van der Waals surface area contributed by atoms with Crippen molar-refractivity contribution in [2.45, 2.75) is 6.92 Å². The fraction of sp³-hybridized carbons (Fsp3) is 0.0625. The van der Waals surface area contributed by atoms with E-state index in [1.54, 1.807) is 37.3 Å². The van der Waals surface area contributed by atoms with Crippen molar-refractivity contribution in [3.63, 3.8) is 0 Å². The number of nitrogens with zero attached hydrogens (tertiary/aromatic N) is 4. The van der Waals surface area contributed by atoms with Crippen molar-refractivity contribution in [2.24, 2.45) is 5.10 Å². The number of nitro groups is 1. The Labute approximate surface area is 157 Å². The number of hydrogen-bond acceptors (Lipinski definition) is 6. The predicted molar refractivity (Wildman–Crippen MR) is 99.8 cm³/mol. The number of H-pyrrole nitrogens is 1. The van der Waals surface area contributed by atoms with Crippen LogP contribution in [0.2, 0.25) is 5.02 Å². The largest absolute Gasteiger partial charge is 0.449 e. The number of hydrogen-bond donors (Lipinski definition) is 1. The molecule has 3 aromatic rings. The summed E-state index contributed by atoms with van der Waals surface area (Å²) in [5, 5.41) is 22.5. The van der Waals surface area contributed by atoms with Crippen molar-refractivity contribution in [2.75, 3.05) is 0 Å². The number of aromatic amines is 1. The van der Waals surface area contributed by atoms with Crippen LogP contribution >= 0.6 is 23.8 Å². The Kier molecular flexibility index (Phi) is 5.10. The van der Waals surface area contributed by atoms with Gasteiger partial charge in [0.1, 0.15) is 11.6 Å². The van der Waals surface area contributed by atoms with Crippen LogP contribution in [-0.4, -0.2) is 26.0 Å². The summed E-state index contributed by atoms with van der Waals surface area (Å²) in [5.41, 5.74) is 0.298. The summed E-state index contributed by atoms with van der Waals surface area (Å²) in [6.07, 6.45) is 1.45. The predicted octanol–water partition coefficient (Wildman–Crippen LogP) is 4.49. The minimum atomic E-state index is -0.529. The smallest absolute Gasteiger partial charge is 0.312 e. The van der Waals surface area contributed by atoms with Crippen molar-refractivity contribution >= 4 is 35.7 Å². The molecule has 0 spiro atoms. The second kappa shape index (κ2) is 7.46. The molecule has 0 saturated heterocycles. The van der Waals surface area contributed by atoms with Gasteiger partial charge in [-0.3, -0.25) is 15.2 Å². The van der Waals surface area contributed by atoms with E-state index < -0.39 is 4.92 Å². The van der Waals surface area contributed by atoms with Gasteiger partial charge in [-0.1, -0.05) is 23.7 Å². The van der Waals surface area contributed by atoms with Crippen LogP contribution < -0.4 is 4.74 Å². The van der Waals surface area contributed by atoms with Crippen LogP contribution in [0.25, 0.3) is 0 Å². The number of aromatic nitrogens is 3. The molecule has 0 saturated carbocycles. The Morgan fingerprint density at radius 1 is 1.35 bits per heavy atom. The van der Waals surface area contributed by atoms with Crippen LogP contribution in [0.15, 0.2) is 47.6 Å². The van der Waals surface area contributed by atoms with E-state index in [1.807, 2.05) is 0 Å². The SMILES string of the molecule is Cc1n[nH]c(=S)n1/N=C\c1ccc(Oc2ccccc2Cl)c([N+](=O)[O-])c1. The van der Waals surface area contributed by atoms with Gasteiger partial charge >= 0.3 is 5.69 Å². The summed E-state index contributed by atoms with van der Waals surface area (Å²) in [7, 11) is 0. The normalized spacial score (nSPS) is 11.0. The molecule has 0 atom stereocenters. The zero-order valence-corrected chi connectivity index (χ0v) is 15.0. The Bertz CT molecular complexity index is 1060. The third-order valence-corrected chi connectivity index (χ3v) is 3.95. The summed E-state index contributed by atoms with van der Waals surface area (Å²) in [5.74, 6) is 0.981. The van der Waals surface area contributed by atoms with E-state index in [4.69, 9.17) is 28.6 Å². The van der Waals surface area contributed by atoms with Gasteiger partial charge in [0.05, 0.1) is 16.2 Å². The highest BCUT2D eigenvalue weighted by Crippen LogP contribution is 2.35. The monoisotopic (exact) mass is 389 g/mol. The topological polar surface area (TPSA) is 98.3 Å². The molecule has 8 nitrogen and oxygen atoms in total. The maximum Gasteiger partial charge on any atom is 0.312 e. The van der Waals surface area contributed by atoms with E-state index in [2.05, 4.69) is 15.3 Å². The molecule has 1 N–H and O–H groups in total. The lowest BCUT2D eigenvalue weighted by Crippen LogP contribution is -1.97. The van der Waals surface area contributed by atoms with E-state index in [0.29, 0.717) is 26.9 Å². The number of rotatable bonds is 5. The first-order valence-electron chi connectivity index (χ1n) is 7.35. The molecule has 1 aromatic heterocycles. The first kappa shape index (κ1) is 17.8. The molecule has 1 heterocycles. The van der Waals surface area contributed by atoms with E-state index in [0.717, 1.165) is 0 Å². The number of benzene rings is 2. The summed E-state index contributed by atoms with van der Waals surface area (Å²) in [4.78, 5) is 10.9. The molecule has 0 aliphatic rings. The molecule has 0 amide bonds. The van der Waals surface area contributed by atoms with Crippen molar-refractivity contribution in [1.29, 1.82) is 0 Å². The van der Waals surface area contributed by atoms with E-state index >= 15 is 0 Å². The molecule has 0 aliphatic carbocycles. The van der Waals surface area contributed by atoms with Gasteiger partial charge < -0.3 is 4.74 Å². The lowest BCUT2D eigenvalue weighted by molar-refractivity contribution is -0.385. The first-order valence-corrected chi connectivity index (χ1v) is 8.13. The molecule has 132 valence electrons. The molecular formula is C16H12ClN5O3S. The lowest BCUT2D eigenvalue weighted by Gasteiger charge is -2.08. The fourth-order valence-corrected chi connectivity index (χ4v) is 2.52. The third kappa shape index (κ3) is 3.79. The molecule has 3 rings (SSSR count). The van der Waals surface area contributed by atoms with Gasteiger partial charge in [0.15, 0.2) is 0 Å². The highest BCUT2D eigenvalue weighted by atomic mass is 35.5. The van der Waals surface area contributed by atoms with Crippen molar-refractivity contribution in [1.82, 2.24) is 14.9 Å². The third-order valence-electron chi connectivity index (χ3n) is 3.37. The number of para-hydroxylation sites is 1. The van der Waals surface area contributed by atoms with E-state index in [-0.39, 0.29) is 11.4 Å². The molecule has 0 aliphatic heterocycles. The number of halogens is 1. The molecule has 0 bridgehead atoms. The Morgan fingerprint density at radius 3 is 2.77 bits per heavy atom. The zero-order valence-electron chi connectivity index (χ0n) is 13.4. The first-order chi connectivity index (χ1) is 12.5. The summed E-state index contributed by atoms with van der Waals surface area (Å²) < 4.78 is 7.33. The highest BCUT2D eigenvalue weighted by Gasteiger charge is 2.17. The van der Waals surface area contributed by atoms with Crippen molar-refractivity contribution in [3.8, 4) is 11.5 Å². The van der Waals surface area contributed by atoms with Gasteiger partial charge in [0.2, 0.25) is 10.5 Å². The van der Waals surface area contributed by atoms with Gasteiger partial charge in [-0.25, -0.2) is 0 Å². The maximum absolute atomic E-state index is 11.4. The van der Waals surface area contributed by atoms with Crippen LogP contribution in [0.3, 0.4) is 0 Å². The Morgan fingerprint density at radius 2 is 2.12 bits per heavy atom. The minimum absolute atomic E-state index is 0.0800.